The smallest absolute Gasteiger partial charge is 0.226 e. The largest absolute Gasteiger partial charge is 0.397 e. The summed E-state index contributed by atoms with van der Waals surface area (Å²) < 4.78 is 0. The summed E-state index contributed by atoms with van der Waals surface area (Å²) in [6, 6.07) is 3.46. The zero-order valence-corrected chi connectivity index (χ0v) is 9.18. The molecule has 0 fully saturated rings. The number of rotatable bonds is 4. The molecule has 6 nitrogen and oxygen atoms in total. The van der Waals surface area contributed by atoms with E-state index in [1.165, 1.54) is 6.20 Å². The van der Waals surface area contributed by atoms with Crippen LogP contribution in [0.5, 0.6) is 0 Å². The number of amides is 1. The molecule has 0 aliphatic carbocycles. The highest BCUT2D eigenvalue weighted by Gasteiger charge is 2.04. The molecule has 88 valence electrons. The number of imidazole rings is 1. The molecule has 0 saturated carbocycles. The Hall–Kier alpha value is -2.37. The number of carbonyl (C=O) groups is 1. The van der Waals surface area contributed by atoms with E-state index in [0.717, 1.165) is 5.82 Å². The van der Waals surface area contributed by atoms with E-state index >= 15 is 0 Å². The highest BCUT2D eigenvalue weighted by molar-refractivity contribution is 5.78. The monoisotopic (exact) mass is 231 g/mol. The van der Waals surface area contributed by atoms with Crippen LogP contribution in [0, 0.1) is 0 Å². The maximum absolute atomic E-state index is 11.6. The molecule has 0 atom stereocenters. The Bertz CT molecular complexity index is 477. The SMILES string of the molecule is Nc1ccc(CC(=O)NCc2ncc[nH]2)nc1. The lowest BCUT2D eigenvalue weighted by Gasteiger charge is -2.03. The number of hydrogen-bond acceptors (Lipinski definition) is 4. The van der Waals surface area contributed by atoms with Crippen molar-refractivity contribution in [3.8, 4) is 0 Å². The average Bonchev–Trinajstić information content (AvgIpc) is 2.83. The van der Waals surface area contributed by atoms with Gasteiger partial charge in [0.05, 0.1) is 24.8 Å². The molecule has 6 heteroatoms. The van der Waals surface area contributed by atoms with E-state index in [4.69, 9.17) is 5.73 Å². The number of nitrogens with zero attached hydrogens (tertiary/aromatic N) is 2. The number of nitrogens with two attached hydrogens (primary N) is 1. The maximum atomic E-state index is 11.6. The first-order valence-corrected chi connectivity index (χ1v) is 5.19. The molecular formula is C11H13N5O. The van der Waals surface area contributed by atoms with Gasteiger partial charge in [0.25, 0.3) is 0 Å². The minimum absolute atomic E-state index is 0.0985. The minimum Gasteiger partial charge on any atom is -0.397 e. The summed E-state index contributed by atoms with van der Waals surface area (Å²) in [6.45, 7) is 0.390. The second-order valence-corrected chi connectivity index (χ2v) is 3.57. The summed E-state index contributed by atoms with van der Waals surface area (Å²) in [5, 5.41) is 2.74. The van der Waals surface area contributed by atoms with Gasteiger partial charge in [-0.15, -0.1) is 0 Å². The number of nitrogens with one attached hydrogen (secondary N) is 2. The van der Waals surface area contributed by atoms with Crippen LogP contribution in [0.15, 0.2) is 30.7 Å². The number of hydrogen-bond donors (Lipinski definition) is 3. The van der Waals surface area contributed by atoms with E-state index in [-0.39, 0.29) is 12.3 Å². The first-order valence-electron chi connectivity index (χ1n) is 5.19. The first kappa shape index (κ1) is 11.1. The number of aromatic amines is 1. The molecule has 0 spiro atoms. The average molecular weight is 231 g/mol. The third kappa shape index (κ3) is 3.30. The zero-order valence-electron chi connectivity index (χ0n) is 9.18. The fraction of sp³-hybridized carbons (Fsp3) is 0.182. The van der Waals surface area contributed by atoms with Gasteiger partial charge in [-0.2, -0.15) is 0 Å². The molecule has 0 aromatic carbocycles. The van der Waals surface area contributed by atoms with E-state index in [1.54, 1.807) is 24.5 Å². The highest BCUT2D eigenvalue weighted by Crippen LogP contribution is 2.01. The van der Waals surface area contributed by atoms with Crippen LogP contribution in [0.1, 0.15) is 11.5 Å². The normalized spacial score (nSPS) is 10.1. The van der Waals surface area contributed by atoms with Gasteiger partial charge in [-0.25, -0.2) is 4.98 Å². The molecule has 17 heavy (non-hydrogen) atoms. The summed E-state index contributed by atoms with van der Waals surface area (Å²) in [4.78, 5) is 22.5. The lowest BCUT2D eigenvalue weighted by molar-refractivity contribution is -0.120. The molecule has 4 N–H and O–H groups in total. The quantitative estimate of drug-likeness (QED) is 0.702. The van der Waals surface area contributed by atoms with E-state index in [9.17, 15) is 4.79 Å². The van der Waals surface area contributed by atoms with Crippen molar-refractivity contribution in [3.63, 3.8) is 0 Å². The standard InChI is InChI=1S/C11H13N5O/c12-8-1-2-9(15-6-8)5-11(17)16-7-10-13-3-4-14-10/h1-4,6H,5,7,12H2,(H,13,14)(H,16,17). The second-order valence-electron chi connectivity index (χ2n) is 3.57. The molecule has 0 saturated heterocycles. The third-order valence-electron chi connectivity index (χ3n) is 2.20. The maximum Gasteiger partial charge on any atom is 0.226 e. The molecule has 2 aromatic heterocycles. The van der Waals surface area contributed by atoms with Gasteiger partial charge in [0.15, 0.2) is 0 Å². The van der Waals surface area contributed by atoms with Gasteiger partial charge in [0, 0.05) is 18.1 Å². The molecule has 0 bridgehead atoms. The molecule has 0 unspecified atom stereocenters. The van der Waals surface area contributed by atoms with Crippen molar-refractivity contribution in [2.45, 2.75) is 13.0 Å². The van der Waals surface area contributed by atoms with Crippen LogP contribution in [0.4, 0.5) is 5.69 Å². The Morgan fingerprint density at radius 1 is 1.41 bits per heavy atom. The van der Waals surface area contributed by atoms with Crippen molar-refractivity contribution in [2.24, 2.45) is 0 Å². The Morgan fingerprint density at radius 2 is 2.29 bits per heavy atom. The van der Waals surface area contributed by atoms with Crippen LogP contribution in [0.2, 0.25) is 0 Å². The molecule has 0 aliphatic rings. The van der Waals surface area contributed by atoms with Crippen molar-refractivity contribution < 1.29 is 4.79 Å². The van der Waals surface area contributed by atoms with E-state index in [2.05, 4.69) is 20.3 Å². The molecular weight excluding hydrogens is 218 g/mol. The van der Waals surface area contributed by atoms with Crippen molar-refractivity contribution in [2.75, 3.05) is 5.73 Å². The summed E-state index contributed by atoms with van der Waals surface area (Å²) in [6.07, 6.45) is 5.13. The molecule has 0 radical (unpaired) electrons. The third-order valence-corrected chi connectivity index (χ3v) is 2.20. The molecule has 2 heterocycles. The lowest BCUT2D eigenvalue weighted by Crippen LogP contribution is -2.25. The Kier molecular flexibility index (Phi) is 3.34. The Labute approximate surface area is 98.3 Å². The predicted molar refractivity (Wildman–Crippen MR) is 62.8 cm³/mol. The topological polar surface area (TPSA) is 96.7 Å². The highest BCUT2D eigenvalue weighted by atomic mass is 16.1. The lowest BCUT2D eigenvalue weighted by atomic mass is 10.2. The number of nitrogen functional groups attached to an aromatic ring is 1. The number of aromatic nitrogens is 3. The fourth-order valence-electron chi connectivity index (χ4n) is 1.34. The van der Waals surface area contributed by atoms with Crippen LogP contribution < -0.4 is 11.1 Å². The van der Waals surface area contributed by atoms with Crippen molar-refractivity contribution >= 4 is 11.6 Å². The van der Waals surface area contributed by atoms with E-state index in [1.807, 2.05) is 0 Å². The number of carbonyl (C=O) groups excluding carboxylic acids is 1. The van der Waals surface area contributed by atoms with Crippen molar-refractivity contribution in [1.29, 1.82) is 0 Å². The van der Waals surface area contributed by atoms with Crippen LogP contribution in [-0.4, -0.2) is 20.9 Å². The molecule has 2 aromatic rings. The number of anilines is 1. The van der Waals surface area contributed by atoms with Gasteiger partial charge in [-0.05, 0) is 12.1 Å². The van der Waals surface area contributed by atoms with Crippen molar-refractivity contribution in [3.05, 3.63) is 42.2 Å². The summed E-state index contributed by atoms with van der Waals surface area (Å²) in [5.74, 6) is 0.627. The molecule has 0 aliphatic heterocycles. The summed E-state index contributed by atoms with van der Waals surface area (Å²) in [5.41, 5.74) is 6.78. The molecule has 2 rings (SSSR count). The van der Waals surface area contributed by atoms with Gasteiger partial charge < -0.3 is 16.0 Å². The van der Waals surface area contributed by atoms with Gasteiger partial charge in [-0.3, -0.25) is 9.78 Å². The van der Waals surface area contributed by atoms with Gasteiger partial charge >= 0.3 is 0 Å². The first-order chi connectivity index (χ1) is 8.24. The Morgan fingerprint density at radius 3 is 2.94 bits per heavy atom. The predicted octanol–water partition coefficient (Wildman–Crippen LogP) is 0.246. The van der Waals surface area contributed by atoms with Crippen LogP contribution >= 0.6 is 0 Å². The zero-order chi connectivity index (χ0) is 12.1. The van der Waals surface area contributed by atoms with Crippen LogP contribution in [0.25, 0.3) is 0 Å². The number of H-pyrrole nitrogens is 1. The van der Waals surface area contributed by atoms with Crippen LogP contribution in [-0.2, 0) is 17.8 Å². The fourth-order valence-corrected chi connectivity index (χ4v) is 1.34. The molecule has 1 amide bonds. The minimum atomic E-state index is -0.0985. The number of pyridine rings is 1. The van der Waals surface area contributed by atoms with E-state index < -0.39 is 0 Å². The van der Waals surface area contributed by atoms with Gasteiger partial charge in [0.2, 0.25) is 5.91 Å². The summed E-state index contributed by atoms with van der Waals surface area (Å²) in [7, 11) is 0. The summed E-state index contributed by atoms with van der Waals surface area (Å²) >= 11 is 0. The van der Waals surface area contributed by atoms with Gasteiger partial charge in [-0.1, -0.05) is 0 Å². The van der Waals surface area contributed by atoms with Crippen molar-refractivity contribution in [1.82, 2.24) is 20.3 Å². The Balaban J connectivity index is 1.83. The van der Waals surface area contributed by atoms with E-state index in [0.29, 0.717) is 17.9 Å². The second kappa shape index (κ2) is 5.11. The van der Waals surface area contributed by atoms with Gasteiger partial charge in [0.1, 0.15) is 5.82 Å². The van der Waals surface area contributed by atoms with Crippen LogP contribution in [0.3, 0.4) is 0 Å².